The molecule has 0 fully saturated rings. The first kappa shape index (κ1) is 14.3. The van der Waals surface area contributed by atoms with Gasteiger partial charge in [-0.3, -0.25) is 4.79 Å². The Morgan fingerprint density at radius 2 is 2.40 bits per heavy atom. The number of furan rings is 1. The molecule has 0 aliphatic heterocycles. The number of halogens is 1. The van der Waals surface area contributed by atoms with E-state index in [1.807, 2.05) is 0 Å². The molecule has 0 unspecified atom stereocenters. The quantitative estimate of drug-likeness (QED) is 0.637. The van der Waals surface area contributed by atoms with Gasteiger partial charge in [-0.2, -0.15) is 4.68 Å². The summed E-state index contributed by atoms with van der Waals surface area (Å²) in [5.74, 6) is 0.215. The van der Waals surface area contributed by atoms with Gasteiger partial charge in [-0.1, -0.05) is 0 Å². The Hall–Kier alpha value is -2.16. The minimum absolute atomic E-state index is 0.173. The standard InChI is InChI=1S/C11H11BrN4O4/c12-9-7-15(14-11(9)16(18)19)4-3-10(17)13-6-8-2-1-5-20-8/h1-2,5,7H,3-4,6H2,(H,13,17). The first-order valence-electron chi connectivity index (χ1n) is 5.72. The molecule has 0 bridgehead atoms. The summed E-state index contributed by atoms with van der Waals surface area (Å²) in [6, 6.07) is 3.50. The maximum atomic E-state index is 11.6. The number of carbonyl (C=O) groups is 1. The van der Waals surface area contributed by atoms with Crippen LogP contribution in [-0.4, -0.2) is 20.6 Å². The number of nitrogens with one attached hydrogen (secondary N) is 1. The number of carbonyl (C=O) groups excluding carboxylic acids is 1. The van der Waals surface area contributed by atoms with Crippen molar-refractivity contribution in [2.75, 3.05) is 0 Å². The first-order valence-corrected chi connectivity index (χ1v) is 6.52. The molecule has 8 nitrogen and oxygen atoms in total. The van der Waals surface area contributed by atoms with E-state index in [0.717, 1.165) is 0 Å². The minimum Gasteiger partial charge on any atom is -0.467 e. The highest BCUT2D eigenvalue weighted by atomic mass is 79.9. The molecule has 0 saturated heterocycles. The molecule has 0 saturated carbocycles. The van der Waals surface area contributed by atoms with Crippen LogP contribution in [0.3, 0.4) is 0 Å². The van der Waals surface area contributed by atoms with E-state index in [1.54, 1.807) is 12.1 Å². The highest BCUT2D eigenvalue weighted by Crippen LogP contribution is 2.21. The Morgan fingerprint density at radius 3 is 3.00 bits per heavy atom. The number of nitrogens with zero attached hydrogens (tertiary/aromatic N) is 3. The van der Waals surface area contributed by atoms with Gasteiger partial charge < -0.3 is 19.8 Å². The van der Waals surface area contributed by atoms with Crippen LogP contribution in [0.2, 0.25) is 0 Å². The van der Waals surface area contributed by atoms with Gasteiger partial charge in [0.2, 0.25) is 5.91 Å². The van der Waals surface area contributed by atoms with E-state index >= 15 is 0 Å². The van der Waals surface area contributed by atoms with Gasteiger partial charge in [0.15, 0.2) is 0 Å². The van der Waals surface area contributed by atoms with Crippen LogP contribution >= 0.6 is 15.9 Å². The molecule has 0 radical (unpaired) electrons. The van der Waals surface area contributed by atoms with Gasteiger partial charge >= 0.3 is 5.82 Å². The molecule has 0 atom stereocenters. The summed E-state index contributed by atoms with van der Waals surface area (Å²) in [5.41, 5.74) is 0. The van der Waals surface area contributed by atoms with Crippen LogP contribution in [0.15, 0.2) is 33.5 Å². The number of hydrogen-bond donors (Lipinski definition) is 1. The van der Waals surface area contributed by atoms with Crippen LogP contribution in [0.4, 0.5) is 5.82 Å². The lowest BCUT2D eigenvalue weighted by Crippen LogP contribution is -2.23. The molecule has 1 N–H and O–H groups in total. The lowest BCUT2D eigenvalue weighted by atomic mass is 10.4. The largest absolute Gasteiger partial charge is 0.467 e. The van der Waals surface area contributed by atoms with E-state index in [2.05, 4.69) is 26.3 Å². The fourth-order valence-corrected chi connectivity index (χ4v) is 1.99. The molecule has 0 aliphatic rings. The van der Waals surface area contributed by atoms with E-state index in [0.29, 0.717) is 16.8 Å². The Labute approximate surface area is 122 Å². The molecule has 2 aromatic heterocycles. The monoisotopic (exact) mass is 342 g/mol. The number of rotatable bonds is 6. The van der Waals surface area contributed by atoms with Crippen molar-refractivity contribution >= 4 is 27.7 Å². The van der Waals surface area contributed by atoms with E-state index in [1.165, 1.54) is 17.1 Å². The summed E-state index contributed by atoms with van der Waals surface area (Å²) in [5, 5.41) is 17.1. The number of nitro groups is 1. The van der Waals surface area contributed by atoms with E-state index < -0.39 is 4.92 Å². The lowest BCUT2D eigenvalue weighted by molar-refractivity contribution is -0.390. The second-order valence-corrected chi connectivity index (χ2v) is 4.78. The third-order valence-corrected chi connectivity index (χ3v) is 3.04. The third kappa shape index (κ3) is 3.67. The summed E-state index contributed by atoms with van der Waals surface area (Å²) >= 11 is 3.04. The van der Waals surface area contributed by atoms with Crippen molar-refractivity contribution in [1.29, 1.82) is 0 Å². The maximum absolute atomic E-state index is 11.6. The van der Waals surface area contributed by atoms with Gasteiger partial charge in [0.25, 0.3) is 0 Å². The second kappa shape index (κ2) is 6.33. The molecule has 106 valence electrons. The average Bonchev–Trinajstić information content (AvgIpc) is 3.03. The average molecular weight is 343 g/mol. The lowest BCUT2D eigenvalue weighted by Gasteiger charge is -2.01. The molecule has 0 spiro atoms. The molecular weight excluding hydrogens is 332 g/mol. The van der Waals surface area contributed by atoms with Gasteiger partial charge in [0, 0.05) is 6.42 Å². The van der Waals surface area contributed by atoms with Crippen molar-refractivity contribution in [2.45, 2.75) is 19.5 Å². The summed E-state index contributed by atoms with van der Waals surface area (Å²) in [4.78, 5) is 21.6. The number of aromatic nitrogens is 2. The number of amides is 1. The predicted octanol–water partition coefficient (Wildman–Crippen LogP) is 1.85. The summed E-state index contributed by atoms with van der Waals surface area (Å²) in [6.07, 6.45) is 3.17. The highest BCUT2D eigenvalue weighted by Gasteiger charge is 2.18. The summed E-state index contributed by atoms with van der Waals surface area (Å²) in [7, 11) is 0. The van der Waals surface area contributed by atoms with Gasteiger partial charge in [-0.25, -0.2) is 0 Å². The van der Waals surface area contributed by atoms with Gasteiger partial charge in [-0.05, 0) is 33.0 Å². The predicted molar refractivity (Wildman–Crippen MR) is 71.8 cm³/mol. The van der Waals surface area contributed by atoms with Gasteiger partial charge in [0.1, 0.15) is 10.2 Å². The molecule has 20 heavy (non-hydrogen) atoms. The zero-order chi connectivity index (χ0) is 14.5. The number of aryl methyl sites for hydroxylation is 1. The Morgan fingerprint density at radius 1 is 1.60 bits per heavy atom. The van der Waals surface area contributed by atoms with Crippen LogP contribution in [0.5, 0.6) is 0 Å². The van der Waals surface area contributed by atoms with Crippen LogP contribution in [0.25, 0.3) is 0 Å². The topological polar surface area (TPSA) is 103 Å². The Kier molecular flexibility index (Phi) is 4.51. The number of hydrogen-bond acceptors (Lipinski definition) is 5. The first-order chi connectivity index (χ1) is 9.56. The van der Waals surface area contributed by atoms with Crippen LogP contribution in [0.1, 0.15) is 12.2 Å². The molecule has 2 aromatic rings. The van der Waals surface area contributed by atoms with Gasteiger partial charge in [0.05, 0.1) is 30.6 Å². The van der Waals surface area contributed by atoms with E-state index in [9.17, 15) is 14.9 Å². The fraction of sp³-hybridized carbons (Fsp3) is 0.273. The Balaban J connectivity index is 1.81. The van der Waals surface area contributed by atoms with Crippen molar-refractivity contribution in [3.8, 4) is 0 Å². The minimum atomic E-state index is -0.586. The van der Waals surface area contributed by atoms with Crippen molar-refractivity contribution in [3.63, 3.8) is 0 Å². The van der Waals surface area contributed by atoms with Crippen LogP contribution < -0.4 is 5.32 Å². The van der Waals surface area contributed by atoms with Crippen molar-refractivity contribution in [3.05, 3.63) is 44.9 Å². The third-order valence-electron chi connectivity index (χ3n) is 2.48. The zero-order valence-corrected chi connectivity index (χ0v) is 11.9. The Bertz CT molecular complexity index is 608. The smallest absolute Gasteiger partial charge is 0.404 e. The second-order valence-electron chi connectivity index (χ2n) is 3.93. The van der Waals surface area contributed by atoms with Crippen molar-refractivity contribution < 1.29 is 14.1 Å². The van der Waals surface area contributed by atoms with Crippen molar-refractivity contribution in [1.82, 2.24) is 15.1 Å². The van der Waals surface area contributed by atoms with Crippen molar-refractivity contribution in [2.24, 2.45) is 0 Å². The normalized spacial score (nSPS) is 10.4. The highest BCUT2D eigenvalue weighted by molar-refractivity contribution is 9.10. The molecule has 2 rings (SSSR count). The van der Waals surface area contributed by atoms with Crippen LogP contribution in [0, 0.1) is 10.1 Å². The molecule has 9 heteroatoms. The summed E-state index contributed by atoms with van der Waals surface area (Å²) in [6.45, 7) is 0.575. The van der Waals surface area contributed by atoms with Crippen LogP contribution in [-0.2, 0) is 17.9 Å². The van der Waals surface area contributed by atoms with Gasteiger partial charge in [-0.15, -0.1) is 0 Å². The molecular formula is C11H11BrN4O4. The molecule has 1 amide bonds. The maximum Gasteiger partial charge on any atom is 0.404 e. The van der Waals surface area contributed by atoms with E-state index in [4.69, 9.17) is 4.42 Å². The fourth-order valence-electron chi connectivity index (χ4n) is 1.53. The molecule has 2 heterocycles. The SMILES string of the molecule is O=C(CCn1cc(Br)c([N+](=O)[O-])n1)NCc1ccco1. The molecule has 0 aliphatic carbocycles. The zero-order valence-electron chi connectivity index (χ0n) is 10.3. The molecule has 0 aromatic carbocycles. The van der Waals surface area contributed by atoms with E-state index in [-0.39, 0.29) is 24.7 Å². The summed E-state index contributed by atoms with van der Waals surface area (Å²) < 4.78 is 6.72.